The van der Waals surface area contributed by atoms with E-state index in [0.717, 1.165) is 28.2 Å². The molecule has 1 heterocycles. The van der Waals surface area contributed by atoms with Crippen molar-refractivity contribution in [3.8, 4) is 22.8 Å². The Balaban J connectivity index is 1.33. The van der Waals surface area contributed by atoms with Crippen LogP contribution in [0.2, 0.25) is 0 Å². The van der Waals surface area contributed by atoms with Crippen LogP contribution < -0.4 is 14.9 Å². The third kappa shape index (κ3) is 5.40. The zero-order chi connectivity index (χ0) is 22.2. The molecule has 0 saturated heterocycles. The Bertz CT molecular complexity index is 1200. The Morgan fingerprint density at radius 1 is 1.00 bits per heavy atom. The summed E-state index contributed by atoms with van der Waals surface area (Å²) in [5.74, 6) is 1.10. The molecule has 0 saturated carbocycles. The van der Waals surface area contributed by atoms with Gasteiger partial charge in [-0.15, -0.1) is 0 Å². The van der Waals surface area contributed by atoms with E-state index in [-0.39, 0.29) is 5.91 Å². The summed E-state index contributed by atoms with van der Waals surface area (Å²) in [6.45, 7) is 0.481. The van der Waals surface area contributed by atoms with E-state index in [1.54, 1.807) is 19.4 Å². The van der Waals surface area contributed by atoms with Crippen LogP contribution in [0.25, 0.3) is 11.3 Å². The van der Waals surface area contributed by atoms with Gasteiger partial charge in [0.2, 0.25) is 0 Å². The molecule has 3 aromatic carbocycles. The molecule has 32 heavy (non-hydrogen) atoms. The van der Waals surface area contributed by atoms with E-state index in [2.05, 4.69) is 20.7 Å². The number of aromatic amines is 1. The molecular formula is C25H22N4O3. The minimum atomic E-state index is -0.384. The molecule has 0 unspecified atom stereocenters. The topological polar surface area (TPSA) is 88.6 Å². The number of carbonyl (C=O) groups is 1. The number of nitrogens with zero attached hydrogens (tertiary/aromatic N) is 2. The molecule has 0 aliphatic rings. The second-order valence-electron chi connectivity index (χ2n) is 6.94. The normalized spacial score (nSPS) is 10.8. The summed E-state index contributed by atoms with van der Waals surface area (Å²) in [6.07, 6.45) is 1.56. The van der Waals surface area contributed by atoms with Crippen molar-refractivity contribution >= 4 is 12.1 Å². The first-order chi connectivity index (χ1) is 15.7. The average Bonchev–Trinajstić information content (AvgIpc) is 3.34. The van der Waals surface area contributed by atoms with Crippen molar-refractivity contribution in [1.82, 2.24) is 15.6 Å². The Hall–Kier alpha value is -4.39. The number of hydrogen-bond donors (Lipinski definition) is 2. The molecule has 1 amide bonds. The summed E-state index contributed by atoms with van der Waals surface area (Å²) in [4.78, 5) is 12.4. The quantitative estimate of drug-likeness (QED) is 0.322. The van der Waals surface area contributed by atoms with Gasteiger partial charge in [0.1, 0.15) is 23.8 Å². The van der Waals surface area contributed by atoms with Gasteiger partial charge in [0.25, 0.3) is 5.91 Å². The minimum Gasteiger partial charge on any atom is -0.497 e. The monoisotopic (exact) mass is 426 g/mol. The summed E-state index contributed by atoms with van der Waals surface area (Å²) >= 11 is 0. The molecule has 4 rings (SSSR count). The van der Waals surface area contributed by atoms with Crippen molar-refractivity contribution in [1.29, 1.82) is 0 Å². The first-order valence-electron chi connectivity index (χ1n) is 10.0. The van der Waals surface area contributed by atoms with Gasteiger partial charge in [-0.1, -0.05) is 42.5 Å². The van der Waals surface area contributed by atoms with Gasteiger partial charge >= 0.3 is 0 Å². The van der Waals surface area contributed by atoms with Crippen LogP contribution in [0.3, 0.4) is 0 Å². The molecule has 160 valence electrons. The van der Waals surface area contributed by atoms with Crippen molar-refractivity contribution in [2.45, 2.75) is 6.61 Å². The maximum atomic E-state index is 12.4. The largest absolute Gasteiger partial charge is 0.497 e. The fraction of sp³-hybridized carbons (Fsp3) is 0.0800. The number of carbonyl (C=O) groups excluding carboxylic acids is 1. The van der Waals surface area contributed by atoms with E-state index in [4.69, 9.17) is 9.47 Å². The third-order valence-electron chi connectivity index (χ3n) is 4.69. The third-order valence-corrected chi connectivity index (χ3v) is 4.69. The Labute approximate surface area is 185 Å². The van der Waals surface area contributed by atoms with Crippen LogP contribution in [0, 0.1) is 0 Å². The molecule has 0 radical (unpaired) electrons. The van der Waals surface area contributed by atoms with Crippen molar-refractivity contribution in [2.24, 2.45) is 5.10 Å². The van der Waals surface area contributed by atoms with Crippen LogP contribution in [-0.2, 0) is 6.61 Å². The highest BCUT2D eigenvalue weighted by Gasteiger charge is 2.10. The SMILES string of the molecule is COc1ccc(-c2cc(C(=O)NN=Cc3cccc(OCc4ccccc4)c3)[nH]n2)cc1. The molecule has 2 N–H and O–H groups in total. The molecule has 0 fully saturated rings. The van der Waals surface area contributed by atoms with Crippen LogP contribution in [0.15, 0.2) is 90.0 Å². The van der Waals surface area contributed by atoms with Gasteiger partial charge in [-0.25, -0.2) is 5.43 Å². The average molecular weight is 426 g/mol. The van der Waals surface area contributed by atoms with E-state index in [9.17, 15) is 4.79 Å². The van der Waals surface area contributed by atoms with Gasteiger partial charge in [0.05, 0.1) is 19.0 Å². The lowest BCUT2D eigenvalue weighted by molar-refractivity contribution is 0.0950. The first kappa shape index (κ1) is 20.9. The molecular weight excluding hydrogens is 404 g/mol. The molecule has 4 aromatic rings. The van der Waals surface area contributed by atoms with Crippen LogP contribution in [0.1, 0.15) is 21.6 Å². The number of benzene rings is 3. The molecule has 0 aliphatic heterocycles. The zero-order valence-corrected chi connectivity index (χ0v) is 17.5. The summed E-state index contributed by atoms with van der Waals surface area (Å²) in [5.41, 5.74) is 6.24. The van der Waals surface area contributed by atoms with Crippen LogP contribution in [0.4, 0.5) is 0 Å². The van der Waals surface area contributed by atoms with Crippen LogP contribution >= 0.6 is 0 Å². The van der Waals surface area contributed by atoms with Crippen molar-refractivity contribution in [2.75, 3.05) is 7.11 Å². The lowest BCUT2D eigenvalue weighted by Gasteiger charge is -2.06. The molecule has 1 aromatic heterocycles. The maximum absolute atomic E-state index is 12.4. The number of H-pyrrole nitrogens is 1. The smallest absolute Gasteiger partial charge is 0.289 e. The van der Waals surface area contributed by atoms with Gasteiger partial charge < -0.3 is 9.47 Å². The molecule has 7 heteroatoms. The highest BCUT2D eigenvalue weighted by molar-refractivity contribution is 5.94. The fourth-order valence-electron chi connectivity index (χ4n) is 3.00. The van der Waals surface area contributed by atoms with Gasteiger partial charge in [0, 0.05) is 5.56 Å². The summed E-state index contributed by atoms with van der Waals surface area (Å²) < 4.78 is 11.0. The lowest BCUT2D eigenvalue weighted by Crippen LogP contribution is -2.18. The predicted octanol–water partition coefficient (Wildman–Crippen LogP) is 4.43. The molecule has 0 bridgehead atoms. The summed E-state index contributed by atoms with van der Waals surface area (Å²) in [6, 6.07) is 26.5. The van der Waals surface area contributed by atoms with Gasteiger partial charge in [0.15, 0.2) is 0 Å². The zero-order valence-electron chi connectivity index (χ0n) is 17.5. The lowest BCUT2D eigenvalue weighted by atomic mass is 10.1. The highest BCUT2D eigenvalue weighted by Crippen LogP contribution is 2.21. The number of rotatable bonds is 8. The number of nitrogens with one attached hydrogen (secondary N) is 2. The number of hydrazone groups is 1. The van der Waals surface area contributed by atoms with Crippen molar-refractivity contribution in [3.05, 3.63) is 102 Å². The van der Waals surface area contributed by atoms with Crippen LogP contribution in [-0.4, -0.2) is 29.4 Å². The Morgan fingerprint density at radius 3 is 2.59 bits per heavy atom. The number of methoxy groups -OCH3 is 1. The first-order valence-corrected chi connectivity index (χ1v) is 10.0. The number of hydrogen-bond acceptors (Lipinski definition) is 5. The van der Waals surface area contributed by atoms with E-state index in [1.165, 1.54) is 0 Å². The fourth-order valence-corrected chi connectivity index (χ4v) is 3.00. The number of amides is 1. The van der Waals surface area contributed by atoms with Gasteiger partial charge in [-0.2, -0.15) is 10.2 Å². The molecule has 0 spiro atoms. The Kier molecular flexibility index (Phi) is 6.57. The van der Waals surface area contributed by atoms with E-state index in [0.29, 0.717) is 18.0 Å². The second kappa shape index (κ2) is 10.1. The van der Waals surface area contributed by atoms with E-state index < -0.39 is 0 Å². The number of aromatic nitrogens is 2. The van der Waals surface area contributed by atoms with Crippen LogP contribution in [0.5, 0.6) is 11.5 Å². The van der Waals surface area contributed by atoms with E-state index >= 15 is 0 Å². The standard InChI is InChI=1S/C25H22N4O3/c1-31-21-12-10-20(11-13-21)23-15-24(28-27-23)25(30)29-26-16-19-8-5-9-22(14-19)32-17-18-6-3-2-4-7-18/h2-16H,17H2,1H3,(H,27,28)(H,29,30). The number of ether oxygens (including phenoxy) is 2. The summed E-state index contributed by atoms with van der Waals surface area (Å²) in [5, 5.41) is 11.0. The maximum Gasteiger partial charge on any atom is 0.289 e. The second-order valence-corrected chi connectivity index (χ2v) is 6.94. The van der Waals surface area contributed by atoms with E-state index in [1.807, 2.05) is 78.9 Å². The van der Waals surface area contributed by atoms with Gasteiger partial charge in [-0.05, 0) is 53.6 Å². The van der Waals surface area contributed by atoms with Crippen molar-refractivity contribution < 1.29 is 14.3 Å². The summed E-state index contributed by atoms with van der Waals surface area (Å²) in [7, 11) is 1.61. The van der Waals surface area contributed by atoms with Crippen molar-refractivity contribution in [3.63, 3.8) is 0 Å². The predicted molar refractivity (Wildman–Crippen MR) is 123 cm³/mol. The molecule has 0 atom stereocenters. The van der Waals surface area contributed by atoms with Gasteiger partial charge in [-0.3, -0.25) is 9.89 Å². The molecule has 0 aliphatic carbocycles. The molecule has 7 nitrogen and oxygen atoms in total. The Morgan fingerprint density at radius 2 is 1.81 bits per heavy atom. The highest BCUT2D eigenvalue weighted by atomic mass is 16.5. The minimum absolute atomic E-state index is 0.313.